The molecule has 0 aliphatic rings. The summed E-state index contributed by atoms with van der Waals surface area (Å²) in [5.41, 5.74) is 22.4. The van der Waals surface area contributed by atoms with Crippen LogP contribution < -0.4 is 0 Å². The summed E-state index contributed by atoms with van der Waals surface area (Å²) in [6.07, 6.45) is 0. The first kappa shape index (κ1) is 76.8. The maximum Gasteiger partial charge on any atom is 0.165 e. The summed E-state index contributed by atoms with van der Waals surface area (Å²) in [6.45, 7) is 0. The first-order valence-corrected chi connectivity index (χ1v) is 46.0. The van der Waals surface area contributed by atoms with E-state index in [1.807, 2.05) is 66.7 Å². The van der Waals surface area contributed by atoms with Crippen LogP contribution in [0.2, 0.25) is 0 Å². The van der Waals surface area contributed by atoms with Gasteiger partial charge in [0.25, 0.3) is 0 Å². The highest BCUT2D eigenvalue weighted by Gasteiger charge is 2.26. The van der Waals surface area contributed by atoms with Crippen LogP contribution in [0, 0.1) is 0 Å². The van der Waals surface area contributed by atoms with E-state index in [1.54, 1.807) is 0 Å². The highest BCUT2D eigenvalue weighted by molar-refractivity contribution is 6.32. The summed E-state index contributed by atoms with van der Waals surface area (Å²) < 4.78 is 7.15. The summed E-state index contributed by atoms with van der Waals surface area (Å²) >= 11 is 0. The molecule has 0 saturated heterocycles. The van der Waals surface area contributed by atoms with Gasteiger partial charge in [0.05, 0.1) is 77.8 Å². The number of hydrogen-bond acceptors (Lipinski definition) is 6. The lowest BCUT2D eigenvalue weighted by Crippen LogP contribution is -2.03. The molecule has 9 heteroatoms. The first-order chi connectivity index (χ1) is 67.0. The molecule has 0 amide bonds. The number of para-hydroxylation sites is 5. The van der Waals surface area contributed by atoms with Crippen molar-refractivity contribution in [2.45, 2.75) is 0 Å². The Balaban J connectivity index is 0.000000103. The standard InChI is InChI=1S/2C44H27N3.C38H23N3/c1-3-12-30(13-4-1)42-43(31-14-5-2-6-15-31)46-39-27-32(22-26-38(39)45-42)47-40-18-10-9-17-34(40)36-25-24-35-37(44(36)47)23-21-29-20-19-28-11-7-8-16-33(28)41(29)35;1-3-12-30(13-4-1)42-38-24-22-32(27-39(38)45-44(46-42)31-14-5-2-6-15-31)47-40-18-10-9-17-34(40)36-26-25-35-37(43(36)47)23-21-29-20-19-28-11-7-8-16-33(28)41(29)35;1-2-11-26(12-3-1)37-38(40-32-16-8-7-15-31(32)39-37)41-33-17-9-6-14-30(33)36-29-21-20-25-19-18-24-10-4-5-13-27(24)35(25)28(29)22-23-34(36)41/h2*1-27H;1-23H. The fourth-order valence-electron chi connectivity index (χ4n) is 21.4. The van der Waals surface area contributed by atoms with Crippen LogP contribution in [0.3, 0.4) is 0 Å². The molecule has 6 heterocycles. The van der Waals surface area contributed by atoms with Crippen molar-refractivity contribution in [2.75, 3.05) is 0 Å². The highest BCUT2D eigenvalue weighted by Crippen LogP contribution is 2.48. The molecule has 0 bridgehead atoms. The van der Waals surface area contributed by atoms with Gasteiger partial charge in [0.1, 0.15) is 5.69 Å². The smallest absolute Gasteiger partial charge is 0.165 e. The molecule has 29 aromatic rings. The minimum atomic E-state index is 0.722. The molecular weight excluding hydrogens is 1640 g/mol. The van der Waals surface area contributed by atoms with Gasteiger partial charge in [0.2, 0.25) is 0 Å². The predicted octanol–water partition coefficient (Wildman–Crippen LogP) is 32.9. The summed E-state index contributed by atoms with van der Waals surface area (Å²) in [4.78, 5) is 31.2. The molecule has 0 spiro atoms. The van der Waals surface area contributed by atoms with E-state index >= 15 is 0 Å². The number of rotatable bonds is 8. The molecule has 0 fully saturated rings. The van der Waals surface area contributed by atoms with Crippen molar-refractivity contribution in [1.29, 1.82) is 0 Å². The normalized spacial score (nSPS) is 11.9. The molecule has 0 aliphatic carbocycles. The number of hydrogen-bond donors (Lipinski definition) is 0. The molecule has 0 aliphatic heterocycles. The molecular formula is C126H77N9. The monoisotopic (exact) mass is 1720 g/mol. The average Bonchev–Trinajstić information content (AvgIpc) is 1.58. The van der Waals surface area contributed by atoms with E-state index in [0.717, 1.165) is 118 Å². The van der Waals surface area contributed by atoms with Crippen LogP contribution in [-0.2, 0) is 0 Å². The van der Waals surface area contributed by atoms with Gasteiger partial charge in [-0.3, -0.25) is 4.57 Å². The van der Waals surface area contributed by atoms with E-state index in [9.17, 15) is 0 Å². The summed E-state index contributed by atoms with van der Waals surface area (Å²) in [5, 5.41) is 31.2. The Bertz CT molecular complexity index is 9950. The van der Waals surface area contributed by atoms with Crippen molar-refractivity contribution in [1.82, 2.24) is 43.6 Å². The molecule has 135 heavy (non-hydrogen) atoms. The Hall–Kier alpha value is -18.2. The van der Waals surface area contributed by atoms with Crippen LogP contribution in [-0.4, -0.2) is 43.6 Å². The van der Waals surface area contributed by atoms with E-state index in [4.69, 9.17) is 29.9 Å². The summed E-state index contributed by atoms with van der Waals surface area (Å²) in [7, 11) is 0. The van der Waals surface area contributed by atoms with Crippen molar-refractivity contribution in [3.63, 3.8) is 0 Å². The van der Waals surface area contributed by atoms with Gasteiger partial charge in [-0.25, -0.2) is 29.9 Å². The van der Waals surface area contributed by atoms with E-state index in [1.165, 1.54) is 151 Å². The second-order valence-corrected chi connectivity index (χ2v) is 35.0. The second-order valence-electron chi connectivity index (χ2n) is 35.0. The summed E-state index contributed by atoms with van der Waals surface area (Å²) in [6, 6.07) is 166. The Morgan fingerprint density at radius 3 is 0.978 bits per heavy atom. The third kappa shape index (κ3) is 12.5. The third-order valence-electron chi connectivity index (χ3n) is 27.4. The first-order valence-electron chi connectivity index (χ1n) is 46.0. The van der Waals surface area contributed by atoms with Crippen LogP contribution >= 0.6 is 0 Å². The van der Waals surface area contributed by atoms with Crippen LogP contribution in [0.1, 0.15) is 0 Å². The summed E-state index contributed by atoms with van der Waals surface area (Å²) in [5.74, 6) is 1.56. The molecule has 29 rings (SSSR count). The van der Waals surface area contributed by atoms with Crippen LogP contribution in [0.15, 0.2) is 467 Å². The predicted molar refractivity (Wildman–Crippen MR) is 566 cm³/mol. The number of aromatic nitrogens is 9. The second kappa shape index (κ2) is 31.3. The Labute approximate surface area is 774 Å². The lowest BCUT2D eigenvalue weighted by Gasteiger charge is -2.14. The quantitative estimate of drug-likeness (QED) is 0.141. The SMILES string of the molecule is c1ccc(-c2nc(-c3ccccc3)c3ccc(-n4c5ccccc5c5ccc6c(ccc7ccc8ccccc8c76)c54)cc3n2)cc1.c1ccc(-c2nc3ccc(-n4c5ccccc5c5ccc6c(ccc7ccc8ccccc8c76)c54)cc3nc2-c2ccccc2)cc1.c1ccc(-c2nc3ccccc3nc2-n2c3ccccc3c3c4ccc5ccc6ccccc6c5c4ccc32)cc1. The fourth-order valence-corrected chi connectivity index (χ4v) is 21.4. The zero-order valence-corrected chi connectivity index (χ0v) is 73.0. The van der Waals surface area contributed by atoms with E-state index in [-0.39, 0.29) is 0 Å². The fraction of sp³-hybridized carbons (Fsp3) is 0. The molecule has 9 nitrogen and oxygen atoms in total. The molecule has 0 atom stereocenters. The zero-order chi connectivity index (χ0) is 88.7. The third-order valence-corrected chi connectivity index (χ3v) is 27.4. The molecule has 626 valence electrons. The Morgan fingerprint density at radius 2 is 0.467 bits per heavy atom. The molecule has 0 N–H and O–H groups in total. The van der Waals surface area contributed by atoms with Crippen LogP contribution in [0.4, 0.5) is 0 Å². The van der Waals surface area contributed by atoms with Gasteiger partial charge in [0.15, 0.2) is 11.6 Å². The molecule has 0 radical (unpaired) electrons. The largest absolute Gasteiger partial charge is 0.309 e. The van der Waals surface area contributed by atoms with Gasteiger partial charge in [-0.15, -0.1) is 0 Å². The highest BCUT2D eigenvalue weighted by atomic mass is 15.1. The van der Waals surface area contributed by atoms with Gasteiger partial charge in [-0.2, -0.15) is 0 Å². The molecule has 6 aromatic heterocycles. The van der Waals surface area contributed by atoms with Crippen LogP contribution in [0.25, 0.3) is 269 Å². The van der Waals surface area contributed by atoms with Gasteiger partial charge in [-0.05, 0) is 159 Å². The Morgan fingerprint density at radius 1 is 0.148 bits per heavy atom. The van der Waals surface area contributed by atoms with E-state index in [2.05, 4.69) is 414 Å². The van der Waals surface area contributed by atoms with Crippen molar-refractivity contribution in [3.05, 3.63) is 467 Å². The maximum absolute atomic E-state index is 5.31. The van der Waals surface area contributed by atoms with Crippen molar-refractivity contribution < 1.29 is 0 Å². The number of fused-ring (bicyclic) bond motifs is 30. The van der Waals surface area contributed by atoms with Gasteiger partial charge < -0.3 is 9.13 Å². The van der Waals surface area contributed by atoms with Gasteiger partial charge >= 0.3 is 0 Å². The number of nitrogens with zero attached hydrogens (tertiary/aromatic N) is 9. The number of benzene rings is 23. The lowest BCUT2D eigenvalue weighted by atomic mass is 9.94. The minimum absolute atomic E-state index is 0.722. The topological polar surface area (TPSA) is 92.1 Å². The average molecular weight is 1720 g/mol. The molecule has 0 saturated carbocycles. The van der Waals surface area contributed by atoms with Crippen molar-refractivity contribution >= 4 is 195 Å². The van der Waals surface area contributed by atoms with E-state index in [0.29, 0.717) is 0 Å². The Kier molecular flexibility index (Phi) is 17.8. The lowest BCUT2D eigenvalue weighted by molar-refractivity contribution is 1.08. The maximum atomic E-state index is 5.31. The van der Waals surface area contributed by atoms with E-state index < -0.39 is 0 Å². The van der Waals surface area contributed by atoms with Gasteiger partial charge in [-0.1, -0.05) is 394 Å². The zero-order valence-electron chi connectivity index (χ0n) is 73.0. The van der Waals surface area contributed by atoms with Crippen molar-refractivity contribution in [2.24, 2.45) is 0 Å². The minimum Gasteiger partial charge on any atom is -0.309 e. The molecule has 0 unspecified atom stereocenters. The van der Waals surface area contributed by atoms with Crippen molar-refractivity contribution in [3.8, 4) is 73.6 Å². The van der Waals surface area contributed by atoms with Crippen LogP contribution in [0.5, 0.6) is 0 Å². The van der Waals surface area contributed by atoms with Gasteiger partial charge in [0, 0.05) is 87.7 Å². The molecule has 23 aromatic carbocycles.